The van der Waals surface area contributed by atoms with Crippen molar-refractivity contribution >= 4 is 39.4 Å². The minimum absolute atomic E-state index is 0.0885. The molecule has 11 nitrogen and oxygen atoms in total. The van der Waals surface area contributed by atoms with Gasteiger partial charge in [0.1, 0.15) is 0 Å². The normalized spacial score (nSPS) is 10.6. The van der Waals surface area contributed by atoms with Crippen LogP contribution in [0.4, 0.5) is 5.69 Å². The number of nitrogens with one attached hydrogen (secondary N) is 1. The van der Waals surface area contributed by atoms with Crippen LogP contribution in [0.5, 0.6) is 0 Å². The number of nitrogens with zero attached hydrogens (tertiary/aromatic N) is 2. The number of hydrogen-bond donors (Lipinski definition) is 5. The number of nitrogens with two attached hydrogens (primary N) is 4. The molecule has 0 heterocycles. The summed E-state index contributed by atoms with van der Waals surface area (Å²) >= 11 is 0. The van der Waals surface area contributed by atoms with E-state index in [2.05, 4.69) is 14.7 Å². The van der Waals surface area contributed by atoms with Crippen LogP contribution in [0.25, 0.3) is 0 Å². The van der Waals surface area contributed by atoms with Crippen LogP contribution in [0.2, 0.25) is 0 Å². The van der Waals surface area contributed by atoms with Gasteiger partial charge in [0.25, 0.3) is 21.8 Å². The summed E-state index contributed by atoms with van der Waals surface area (Å²) < 4.78 is 27.2. The summed E-state index contributed by atoms with van der Waals surface area (Å²) in [6.07, 6.45) is 0. The molecule has 2 aromatic carbocycles. The van der Waals surface area contributed by atoms with Crippen molar-refractivity contribution in [2.75, 3.05) is 4.72 Å². The summed E-state index contributed by atoms with van der Waals surface area (Å²) in [7, 11) is -3.93. The highest BCUT2D eigenvalue weighted by Gasteiger charge is 2.16. The van der Waals surface area contributed by atoms with E-state index in [-0.39, 0.29) is 27.7 Å². The van der Waals surface area contributed by atoms with Crippen molar-refractivity contribution in [2.45, 2.75) is 4.90 Å². The summed E-state index contributed by atoms with van der Waals surface area (Å²) in [6.45, 7) is 0. The van der Waals surface area contributed by atoms with Crippen molar-refractivity contribution in [2.24, 2.45) is 32.9 Å². The number of benzene rings is 2. The zero-order valence-corrected chi connectivity index (χ0v) is 15.2. The minimum atomic E-state index is -3.93. The third-order valence-electron chi connectivity index (χ3n) is 3.26. The molecule has 146 valence electrons. The lowest BCUT2D eigenvalue weighted by Crippen LogP contribution is -2.24. The van der Waals surface area contributed by atoms with Crippen molar-refractivity contribution in [3.8, 4) is 0 Å². The Morgan fingerprint density at radius 1 is 0.714 bits per heavy atom. The first-order valence-corrected chi connectivity index (χ1v) is 9.07. The number of sulfonamides is 1. The second-order valence-electron chi connectivity index (χ2n) is 5.39. The lowest BCUT2D eigenvalue weighted by atomic mass is 10.2. The van der Waals surface area contributed by atoms with E-state index < -0.39 is 27.8 Å². The molecule has 0 saturated carbocycles. The van der Waals surface area contributed by atoms with Gasteiger partial charge in [-0.25, -0.2) is 8.42 Å². The van der Waals surface area contributed by atoms with E-state index in [9.17, 15) is 18.0 Å². The number of carbonyl (C=O) groups is 2. The lowest BCUT2D eigenvalue weighted by Gasteiger charge is -2.09. The first-order chi connectivity index (χ1) is 13.1. The standard InChI is InChI=1S/C16H17N7O4S/c17-15(18)21-13(24)9-1-5-11(6-2-9)23-28(26,27)12-7-3-10(4-8-12)14(25)22-16(19)20/h1-8,23H,(H4,17,18,21,24)(H4,19,20,22,25). The fourth-order valence-electron chi connectivity index (χ4n) is 2.04. The van der Waals surface area contributed by atoms with Crippen LogP contribution in [-0.4, -0.2) is 32.2 Å². The highest BCUT2D eigenvalue weighted by atomic mass is 32.2. The Balaban J connectivity index is 2.17. The molecule has 0 fully saturated rings. The summed E-state index contributed by atoms with van der Waals surface area (Å²) in [6, 6.07) is 10.5. The van der Waals surface area contributed by atoms with Gasteiger partial charge in [-0.2, -0.15) is 9.98 Å². The van der Waals surface area contributed by atoms with Crippen molar-refractivity contribution in [1.29, 1.82) is 0 Å². The van der Waals surface area contributed by atoms with E-state index in [1.807, 2.05) is 0 Å². The Morgan fingerprint density at radius 3 is 1.50 bits per heavy atom. The second kappa shape index (κ2) is 8.18. The topological polar surface area (TPSA) is 209 Å². The van der Waals surface area contributed by atoms with Gasteiger partial charge in [0.05, 0.1) is 4.90 Å². The molecule has 0 atom stereocenters. The number of guanidine groups is 2. The Morgan fingerprint density at radius 2 is 1.11 bits per heavy atom. The third kappa shape index (κ3) is 5.28. The molecule has 0 aliphatic heterocycles. The van der Waals surface area contributed by atoms with Gasteiger partial charge in [0.15, 0.2) is 11.9 Å². The average Bonchev–Trinajstić information content (AvgIpc) is 2.61. The Labute approximate surface area is 160 Å². The molecular weight excluding hydrogens is 386 g/mol. The molecule has 0 bridgehead atoms. The van der Waals surface area contributed by atoms with Crippen LogP contribution in [0.15, 0.2) is 63.4 Å². The summed E-state index contributed by atoms with van der Waals surface area (Å²) in [5.41, 5.74) is 21.0. The first-order valence-electron chi connectivity index (χ1n) is 7.59. The average molecular weight is 403 g/mol. The molecule has 2 amide bonds. The molecular formula is C16H17N7O4S. The largest absolute Gasteiger partial charge is 0.370 e. The maximum atomic E-state index is 12.4. The van der Waals surface area contributed by atoms with Gasteiger partial charge >= 0.3 is 0 Å². The van der Waals surface area contributed by atoms with Crippen LogP contribution in [0.3, 0.4) is 0 Å². The fraction of sp³-hybridized carbons (Fsp3) is 0. The first kappa shape index (κ1) is 20.4. The van der Waals surface area contributed by atoms with Gasteiger partial charge in [-0.3, -0.25) is 14.3 Å². The molecule has 0 aliphatic rings. The lowest BCUT2D eigenvalue weighted by molar-refractivity contribution is 0.0994. The minimum Gasteiger partial charge on any atom is -0.370 e. The van der Waals surface area contributed by atoms with Crippen LogP contribution in [0, 0.1) is 0 Å². The van der Waals surface area contributed by atoms with Crippen molar-refractivity contribution in [3.63, 3.8) is 0 Å². The van der Waals surface area contributed by atoms with Crippen LogP contribution in [-0.2, 0) is 10.0 Å². The van der Waals surface area contributed by atoms with E-state index in [4.69, 9.17) is 22.9 Å². The maximum Gasteiger partial charge on any atom is 0.280 e. The highest BCUT2D eigenvalue weighted by Crippen LogP contribution is 2.18. The molecule has 12 heteroatoms. The van der Waals surface area contributed by atoms with Gasteiger partial charge in [0.2, 0.25) is 0 Å². The van der Waals surface area contributed by atoms with Crippen LogP contribution < -0.4 is 27.7 Å². The van der Waals surface area contributed by atoms with Crippen molar-refractivity contribution in [1.82, 2.24) is 0 Å². The quantitative estimate of drug-likeness (QED) is 0.318. The van der Waals surface area contributed by atoms with E-state index in [0.717, 1.165) is 0 Å². The van der Waals surface area contributed by atoms with Gasteiger partial charge in [-0.1, -0.05) is 0 Å². The van der Waals surface area contributed by atoms with E-state index in [1.54, 1.807) is 0 Å². The Kier molecular flexibility index (Phi) is 5.95. The number of carbonyl (C=O) groups excluding carboxylic acids is 2. The summed E-state index contributed by atoms with van der Waals surface area (Å²) in [5, 5.41) is 0. The molecule has 0 aromatic heterocycles. The van der Waals surface area contributed by atoms with Gasteiger partial charge < -0.3 is 22.9 Å². The molecule has 2 aromatic rings. The Hall–Kier alpha value is -3.93. The molecule has 0 radical (unpaired) electrons. The monoisotopic (exact) mass is 403 g/mol. The predicted molar refractivity (Wildman–Crippen MR) is 104 cm³/mol. The number of rotatable bonds is 5. The van der Waals surface area contributed by atoms with Crippen LogP contribution >= 0.6 is 0 Å². The molecule has 0 unspecified atom stereocenters. The van der Waals surface area contributed by atoms with Crippen LogP contribution in [0.1, 0.15) is 20.7 Å². The van der Waals surface area contributed by atoms with E-state index in [1.165, 1.54) is 48.5 Å². The number of anilines is 1. The van der Waals surface area contributed by atoms with Gasteiger partial charge in [-0.05, 0) is 48.5 Å². The van der Waals surface area contributed by atoms with E-state index in [0.29, 0.717) is 0 Å². The zero-order valence-electron chi connectivity index (χ0n) is 14.4. The number of hydrogen-bond acceptors (Lipinski definition) is 4. The molecule has 0 aliphatic carbocycles. The summed E-state index contributed by atoms with van der Waals surface area (Å²) in [5.74, 6) is -2.13. The fourth-order valence-corrected chi connectivity index (χ4v) is 3.09. The van der Waals surface area contributed by atoms with Crippen molar-refractivity contribution < 1.29 is 18.0 Å². The highest BCUT2D eigenvalue weighted by molar-refractivity contribution is 7.92. The third-order valence-corrected chi connectivity index (χ3v) is 4.65. The molecule has 2 rings (SSSR count). The zero-order chi connectivity index (χ0) is 20.9. The molecule has 0 saturated heterocycles. The Bertz CT molecular complexity index is 1050. The molecule has 28 heavy (non-hydrogen) atoms. The van der Waals surface area contributed by atoms with Gasteiger partial charge in [-0.15, -0.1) is 0 Å². The molecule has 0 spiro atoms. The SMILES string of the molecule is NC(N)=NC(=O)c1ccc(NS(=O)(=O)c2ccc(C(=O)N=C(N)N)cc2)cc1. The predicted octanol–water partition coefficient (Wildman–Crippen LogP) is -0.685. The second-order valence-corrected chi connectivity index (χ2v) is 7.07. The summed E-state index contributed by atoms with van der Waals surface area (Å²) in [4.78, 5) is 30.0. The van der Waals surface area contributed by atoms with Crippen molar-refractivity contribution in [3.05, 3.63) is 59.7 Å². The number of aliphatic imine (C=N–C) groups is 2. The maximum absolute atomic E-state index is 12.4. The molecule has 9 N–H and O–H groups in total. The number of amides is 2. The van der Waals surface area contributed by atoms with E-state index >= 15 is 0 Å². The van der Waals surface area contributed by atoms with Gasteiger partial charge in [0, 0.05) is 16.8 Å². The smallest absolute Gasteiger partial charge is 0.280 e.